The number of aromatic amines is 1. The van der Waals surface area contributed by atoms with Gasteiger partial charge in [-0.15, -0.1) is 0 Å². The van der Waals surface area contributed by atoms with Crippen LogP contribution in [0, 0.1) is 18.7 Å². The summed E-state index contributed by atoms with van der Waals surface area (Å²) in [6, 6.07) is 4.35. The topological polar surface area (TPSA) is 117 Å². The summed E-state index contributed by atoms with van der Waals surface area (Å²) in [5, 5.41) is 9.83. The van der Waals surface area contributed by atoms with Crippen LogP contribution in [-0.2, 0) is 9.59 Å². The maximum absolute atomic E-state index is 14.1. The fourth-order valence-electron chi connectivity index (χ4n) is 3.98. The molecular formula is C21H23FN6O2. The highest BCUT2D eigenvalue weighted by Gasteiger charge is 2.35. The van der Waals surface area contributed by atoms with E-state index in [-0.39, 0.29) is 12.0 Å². The van der Waals surface area contributed by atoms with Gasteiger partial charge in [0.15, 0.2) is 0 Å². The van der Waals surface area contributed by atoms with Crippen molar-refractivity contribution in [3.05, 3.63) is 47.5 Å². The van der Waals surface area contributed by atoms with E-state index < -0.39 is 17.6 Å². The monoisotopic (exact) mass is 410 g/mol. The first-order valence-electron chi connectivity index (χ1n) is 9.80. The Kier molecular flexibility index (Phi) is 5.11. The summed E-state index contributed by atoms with van der Waals surface area (Å²) in [4.78, 5) is 31.4. The van der Waals surface area contributed by atoms with E-state index in [2.05, 4.69) is 20.5 Å². The number of hydrogen-bond acceptors (Lipinski definition) is 5. The summed E-state index contributed by atoms with van der Waals surface area (Å²) in [7, 11) is 0. The maximum atomic E-state index is 14.1. The van der Waals surface area contributed by atoms with Crippen molar-refractivity contribution in [3.8, 4) is 0 Å². The zero-order valence-corrected chi connectivity index (χ0v) is 16.8. The molecule has 0 bridgehead atoms. The predicted octanol–water partition coefficient (Wildman–Crippen LogP) is 2.93. The van der Waals surface area contributed by atoms with E-state index in [1.807, 2.05) is 6.92 Å². The van der Waals surface area contributed by atoms with Crippen LogP contribution in [0.25, 0.3) is 10.9 Å². The minimum Gasteiger partial charge on any atom is -0.383 e. The molecule has 156 valence electrons. The summed E-state index contributed by atoms with van der Waals surface area (Å²) in [6.45, 7) is 4.25. The molecule has 0 aliphatic carbocycles. The fourth-order valence-corrected chi connectivity index (χ4v) is 3.98. The molecule has 4 rings (SSSR count). The van der Waals surface area contributed by atoms with E-state index in [4.69, 9.17) is 5.73 Å². The van der Waals surface area contributed by atoms with Gasteiger partial charge in [0.05, 0.1) is 24.1 Å². The summed E-state index contributed by atoms with van der Waals surface area (Å²) in [6.07, 6.45) is 4.54. The number of carbonyl (C=O) groups is 2. The van der Waals surface area contributed by atoms with Gasteiger partial charge in [0.2, 0.25) is 0 Å². The summed E-state index contributed by atoms with van der Waals surface area (Å²) in [5.74, 6) is -1.17. The van der Waals surface area contributed by atoms with Gasteiger partial charge in [-0.2, -0.15) is 5.10 Å². The number of nitrogens with one attached hydrogen (secondary N) is 2. The molecule has 3 aromatic rings. The number of H-pyrrole nitrogens is 1. The molecule has 1 fully saturated rings. The number of benzene rings is 1. The van der Waals surface area contributed by atoms with Crippen molar-refractivity contribution in [1.82, 2.24) is 20.1 Å². The molecule has 8 nitrogen and oxygen atoms in total. The number of amides is 2. The van der Waals surface area contributed by atoms with Crippen molar-refractivity contribution >= 4 is 34.2 Å². The van der Waals surface area contributed by atoms with Crippen LogP contribution in [-0.4, -0.2) is 38.4 Å². The predicted molar refractivity (Wildman–Crippen MR) is 111 cm³/mol. The van der Waals surface area contributed by atoms with Gasteiger partial charge in [-0.1, -0.05) is 13.0 Å². The van der Waals surface area contributed by atoms with Gasteiger partial charge >= 0.3 is 11.8 Å². The molecule has 0 radical (unpaired) electrons. The minimum absolute atomic E-state index is 0.249. The highest BCUT2D eigenvalue weighted by atomic mass is 19.1. The average Bonchev–Trinajstić information content (AvgIpc) is 3.22. The van der Waals surface area contributed by atoms with Crippen molar-refractivity contribution in [2.75, 3.05) is 17.6 Å². The first-order chi connectivity index (χ1) is 14.3. The van der Waals surface area contributed by atoms with Crippen LogP contribution in [0.4, 0.5) is 15.9 Å². The number of fused-ring (bicyclic) bond motifs is 1. The lowest BCUT2D eigenvalue weighted by molar-refractivity contribution is -0.146. The lowest BCUT2D eigenvalue weighted by Gasteiger charge is -2.38. The van der Waals surface area contributed by atoms with Crippen LogP contribution < -0.4 is 11.1 Å². The second kappa shape index (κ2) is 7.74. The van der Waals surface area contributed by atoms with Gasteiger partial charge in [-0.25, -0.2) is 9.37 Å². The second-order valence-electron chi connectivity index (χ2n) is 7.83. The van der Waals surface area contributed by atoms with E-state index >= 15 is 0 Å². The van der Waals surface area contributed by atoms with Gasteiger partial charge in [0, 0.05) is 11.9 Å². The van der Waals surface area contributed by atoms with Crippen molar-refractivity contribution in [2.24, 2.45) is 5.92 Å². The van der Waals surface area contributed by atoms with Gasteiger partial charge < -0.3 is 16.0 Å². The highest BCUT2D eigenvalue weighted by Crippen LogP contribution is 2.37. The molecule has 0 spiro atoms. The quantitative estimate of drug-likeness (QED) is 0.562. The molecule has 0 unspecified atom stereocenters. The molecule has 3 heterocycles. The number of carbonyl (C=O) groups excluding carboxylic acids is 2. The van der Waals surface area contributed by atoms with Crippen molar-refractivity contribution < 1.29 is 14.0 Å². The zero-order chi connectivity index (χ0) is 21.4. The molecular weight excluding hydrogens is 387 g/mol. The van der Waals surface area contributed by atoms with E-state index in [1.54, 1.807) is 30.2 Å². The standard InChI is InChI=1S/C21H23FN6O2/c1-11-3-6-17(14-4-5-16(22)18-15(14)9-25-27-18)28(10-11)21(30)20(29)26-13-7-12(2)19(23)24-8-13/h4-5,7-9,11,17H,3,6,10H2,1-2H3,(H2,23,24)(H,25,27)(H,26,29)/t11-,17+/m1/s1. The molecule has 2 amide bonds. The normalized spacial score (nSPS) is 19.1. The number of hydrogen-bond donors (Lipinski definition) is 3. The third-order valence-corrected chi connectivity index (χ3v) is 5.61. The third-order valence-electron chi connectivity index (χ3n) is 5.61. The van der Waals surface area contributed by atoms with Crippen LogP contribution in [0.2, 0.25) is 0 Å². The van der Waals surface area contributed by atoms with Crippen molar-refractivity contribution in [3.63, 3.8) is 0 Å². The van der Waals surface area contributed by atoms with Crippen molar-refractivity contribution in [2.45, 2.75) is 32.7 Å². The summed E-state index contributed by atoms with van der Waals surface area (Å²) < 4.78 is 14.1. The summed E-state index contributed by atoms with van der Waals surface area (Å²) >= 11 is 0. The van der Waals surface area contributed by atoms with Gasteiger partial charge in [-0.3, -0.25) is 14.7 Å². The van der Waals surface area contributed by atoms with E-state index in [0.29, 0.717) is 40.9 Å². The highest BCUT2D eigenvalue weighted by molar-refractivity contribution is 6.39. The Labute approximate surface area is 172 Å². The number of piperidine rings is 1. The second-order valence-corrected chi connectivity index (χ2v) is 7.83. The first-order valence-corrected chi connectivity index (χ1v) is 9.80. The number of pyridine rings is 1. The van der Waals surface area contributed by atoms with E-state index in [0.717, 1.165) is 12.0 Å². The number of anilines is 2. The number of nitrogens with zero attached hydrogens (tertiary/aromatic N) is 3. The number of rotatable bonds is 2. The molecule has 9 heteroatoms. The van der Waals surface area contributed by atoms with Crippen LogP contribution >= 0.6 is 0 Å². The third kappa shape index (κ3) is 3.58. The fraction of sp³-hybridized carbons (Fsp3) is 0.333. The van der Waals surface area contributed by atoms with Gasteiger partial charge in [0.1, 0.15) is 17.2 Å². The minimum atomic E-state index is -0.745. The lowest BCUT2D eigenvalue weighted by atomic mass is 9.88. The molecule has 1 aliphatic rings. The Hall–Kier alpha value is -3.49. The van der Waals surface area contributed by atoms with Crippen LogP contribution in [0.1, 0.15) is 36.9 Å². The molecule has 1 saturated heterocycles. The largest absolute Gasteiger partial charge is 0.383 e. The Morgan fingerprint density at radius 2 is 2.10 bits per heavy atom. The van der Waals surface area contributed by atoms with Crippen molar-refractivity contribution in [1.29, 1.82) is 0 Å². The number of halogens is 1. The van der Waals surface area contributed by atoms with Gasteiger partial charge in [-0.05, 0) is 48.9 Å². The Morgan fingerprint density at radius 1 is 1.30 bits per heavy atom. The van der Waals surface area contributed by atoms with Gasteiger partial charge in [0.25, 0.3) is 0 Å². The SMILES string of the molecule is Cc1cc(NC(=O)C(=O)N2C[C@H](C)CC[C@H]2c2ccc(F)c3[nH]ncc23)cnc1N. The number of nitrogen functional groups attached to an aromatic ring is 1. The average molecular weight is 410 g/mol. The smallest absolute Gasteiger partial charge is 0.313 e. The molecule has 2 aromatic heterocycles. The molecule has 0 saturated carbocycles. The van der Waals surface area contributed by atoms with Crippen LogP contribution in [0.5, 0.6) is 0 Å². The Morgan fingerprint density at radius 3 is 2.87 bits per heavy atom. The Bertz CT molecular complexity index is 1130. The van der Waals surface area contributed by atoms with Crippen LogP contribution in [0.15, 0.2) is 30.6 Å². The lowest BCUT2D eigenvalue weighted by Crippen LogP contribution is -2.46. The van der Waals surface area contributed by atoms with Crippen LogP contribution in [0.3, 0.4) is 0 Å². The number of aromatic nitrogens is 3. The number of likely N-dealkylation sites (tertiary alicyclic amines) is 1. The Balaban J connectivity index is 1.62. The van der Waals surface area contributed by atoms with E-state index in [1.165, 1.54) is 12.3 Å². The molecule has 1 aromatic carbocycles. The maximum Gasteiger partial charge on any atom is 0.313 e. The van der Waals surface area contributed by atoms with E-state index in [9.17, 15) is 14.0 Å². The number of nitrogens with two attached hydrogens (primary N) is 1. The molecule has 2 atom stereocenters. The zero-order valence-electron chi connectivity index (χ0n) is 16.8. The molecule has 1 aliphatic heterocycles. The summed E-state index contributed by atoms with van der Waals surface area (Å²) in [5.41, 5.74) is 7.89. The first kappa shape index (κ1) is 19.8. The number of aryl methyl sites for hydroxylation is 1. The molecule has 30 heavy (non-hydrogen) atoms. The molecule has 4 N–H and O–H groups in total.